The molecule has 16 heavy (non-hydrogen) atoms. The minimum Gasteiger partial charge on any atom is -0.495 e. The van der Waals surface area contributed by atoms with Crippen LogP contribution in [0.3, 0.4) is 0 Å². The van der Waals surface area contributed by atoms with Crippen molar-refractivity contribution in [2.24, 2.45) is 0 Å². The first kappa shape index (κ1) is 12.3. The number of ketones is 1. The summed E-state index contributed by atoms with van der Waals surface area (Å²) in [5.74, 6) is 0.616. The number of halogens is 2. The monoisotopic (exact) mass is 380 g/mol. The maximum Gasteiger partial charge on any atom is 0.208 e. The molecule has 2 aromatic rings. The number of hydrogen-bond donors (Lipinski definition) is 0. The van der Waals surface area contributed by atoms with Gasteiger partial charge in [-0.3, -0.25) is 4.79 Å². The van der Waals surface area contributed by atoms with Crippen LogP contribution in [0.25, 0.3) is 0 Å². The molecular weight excluding hydrogens is 376 g/mol. The zero-order valence-electron chi connectivity index (χ0n) is 8.12. The molecule has 0 aliphatic carbocycles. The maximum absolute atomic E-state index is 12.2. The van der Waals surface area contributed by atoms with E-state index in [1.807, 2.05) is 11.4 Å². The van der Waals surface area contributed by atoms with Crippen LogP contribution in [-0.4, -0.2) is 12.9 Å². The molecule has 2 heterocycles. The zero-order chi connectivity index (χ0) is 11.7. The Kier molecular flexibility index (Phi) is 3.84. The fourth-order valence-corrected chi connectivity index (χ4v) is 4.85. The van der Waals surface area contributed by atoms with E-state index in [2.05, 4.69) is 31.9 Å². The van der Waals surface area contributed by atoms with Crippen LogP contribution in [0.1, 0.15) is 15.2 Å². The summed E-state index contributed by atoms with van der Waals surface area (Å²) < 4.78 is 6.90. The predicted molar refractivity (Wildman–Crippen MR) is 74.0 cm³/mol. The Morgan fingerprint density at radius 3 is 2.75 bits per heavy atom. The quantitative estimate of drug-likeness (QED) is 0.727. The second-order valence-corrected chi connectivity index (χ2v) is 7.55. The maximum atomic E-state index is 12.2. The molecule has 0 radical (unpaired) electrons. The van der Waals surface area contributed by atoms with Gasteiger partial charge in [-0.15, -0.1) is 22.7 Å². The van der Waals surface area contributed by atoms with E-state index < -0.39 is 0 Å². The summed E-state index contributed by atoms with van der Waals surface area (Å²) in [6, 6.07) is 3.61. The van der Waals surface area contributed by atoms with Crippen molar-refractivity contribution in [2.75, 3.05) is 7.11 Å². The van der Waals surface area contributed by atoms with Crippen LogP contribution in [-0.2, 0) is 0 Å². The summed E-state index contributed by atoms with van der Waals surface area (Å²) in [7, 11) is 1.57. The lowest BCUT2D eigenvalue weighted by Crippen LogP contribution is -1.99. The number of methoxy groups -OCH3 is 1. The van der Waals surface area contributed by atoms with Gasteiger partial charge in [-0.25, -0.2) is 0 Å². The number of hydrogen-bond acceptors (Lipinski definition) is 4. The van der Waals surface area contributed by atoms with Gasteiger partial charge >= 0.3 is 0 Å². The van der Waals surface area contributed by atoms with Gasteiger partial charge in [0.2, 0.25) is 5.78 Å². The van der Waals surface area contributed by atoms with E-state index >= 15 is 0 Å². The fourth-order valence-electron chi connectivity index (χ4n) is 1.24. The standard InChI is InChI=1S/C10H6Br2O2S2/c1-14-6-2-3-15-9(6)8(13)5-4-7(11)16-10(5)12/h2-4H,1H3. The molecule has 2 aromatic heterocycles. The zero-order valence-corrected chi connectivity index (χ0v) is 12.9. The van der Waals surface area contributed by atoms with Crippen molar-refractivity contribution in [3.63, 3.8) is 0 Å². The van der Waals surface area contributed by atoms with Crippen molar-refractivity contribution < 1.29 is 9.53 Å². The molecule has 0 aliphatic heterocycles. The topological polar surface area (TPSA) is 26.3 Å². The van der Waals surface area contributed by atoms with Gasteiger partial charge in [0, 0.05) is 5.56 Å². The second-order valence-electron chi connectivity index (χ2n) is 2.89. The lowest BCUT2D eigenvalue weighted by molar-refractivity contribution is 0.103. The van der Waals surface area contributed by atoms with Gasteiger partial charge in [0.05, 0.1) is 14.7 Å². The Labute approximate surface area is 118 Å². The Balaban J connectivity index is 2.43. The van der Waals surface area contributed by atoms with Crippen molar-refractivity contribution in [2.45, 2.75) is 0 Å². The molecule has 0 saturated heterocycles. The van der Waals surface area contributed by atoms with Gasteiger partial charge in [0.15, 0.2) is 0 Å². The average molecular weight is 382 g/mol. The van der Waals surface area contributed by atoms with Gasteiger partial charge in [-0.05, 0) is 49.4 Å². The van der Waals surface area contributed by atoms with E-state index in [1.54, 1.807) is 13.2 Å². The minimum absolute atomic E-state index is 0.0133. The lowest BCUT2D eigenvalue weighted by Gasteiger charge is -2.00. The average Bonchev–Trinajstić information content (AvgIpc) is 2.83. The molecule has 0 saturated carbocycles. The third kappa shape index (κ3) is 2.25. The highest BCUT2D eigenvalue weighted by atomic mass is 79.9. The molecule has 2 nitrogen and oxygen atoms in total. The Morgan fingerprint density at radius 1 is 1.44 bits per heavy atom. The van der Waals surface area contributed by atoms with E-state index in [9.17, 15) is 4.79 Å². The molecule has 0 amide bonds. The highest BCUT2D eigenvalue weighted by Crippen LogP contribution is 2.36. The molecule has 0 aliphatic rings. The molecule has 0 spiro atoms. The van der Waals surface area contributed by atoms with E-state index in [1.165, 1.54) is 22.7 Å². The van der Waals surface area contributed by atoms with Crippen LogP contribution >= 0.6 is 54.5 Å². The lowest BCUT2D eigenvalue weighted by atomic mass is 10.2. The predicted octanol–water partition coefficient (Wildman–Crippen LogP) is 4.57. The van der Waals surface area contributed by atoms with E-state index in [0.29, 0.717) is 16.2 Å². The van der Waals surface area contributed by atoms with Gasteiger partial charge < -0.3 is 4.74 Å². The molecule has 0 atom stereocenters. The van der Waals surface area contributed by atoms with E-state index in [0.717, 1.165) is 7.57 Å². The van der Waals surface area contributed by atoms with Gasteiger partial charge in [-0.1, -0.05) is 0 Å². The number of carbonyl (C=O) groups is 1. The van der Waals surface area contributed by atoms with Gasteiger partial charge in [0.25, 0.3) is 0 Å². The summed E-state index contributed by atoms with van der Waals surface area (Å²) in [4.78, 5) is 12.8. The van der Waals surface area contributed by atoms with Crippen LogP contribution in [0.2, 0.25) is 0 Å². The molecule has 0 aromatic carbocycles. The first-order valence-corrected chi connectivity index (χ1v) is 7.52. The SMILES string of the molecule is COc1ccsc1C(=O)c1cc(Br)sc1Br. The smallest absolute Gasteiger partial charge is 0.208 e. The van der Waals surface area contributed by atoms with Crippen LogP contribution in [0, 0.1) is 0 Å². The number of ether oxygens (including phenoxy) is 1. The summed E-state index contributed by atoms with van der Waals surface area (Å²) >= 11 is 9.61. The first-order chi connectivity index (χ1) is 7.63. The van der Waals surface area contributed by atoms with Crippen molar-refractivity contribution in [1.29, 1.82) is 0 Å². The molecule has 0 bridgehead atoms. The number of thiophene rings is 2. The minimum atomic E-state index is -0.0133. The largest absolute Gasteiger partial charge is 0.495 e. The number of carbonyl (C=O) groups excluding carboxylic acids is 1. The van der Waals surface area contributed by atoms with Crippen molar-refractivity contribution >= 4 is 60.3 Å². The summed E-state index contributed by atoms with van der Waals surface area (Å²) in [6.07, 6.45) is 0. The van der Waals surface area contributed by atoms with E-state index in [-0.39, 0.29) is 5.78 Å². The summed E-state index contributed by atoms with van der Waals surface area (Å²) in [5.41, 5.74) is 0.664. The Bertz CT molecular complexity index is 531. The van der Waals surface area contributed by atoms with Crippen LogP contribution in [0.5, 0.6) is 5.75 Å². The third-order valence-corrected chi connectivity index (χ3v) is 5.19. The molecular formula is C10H6Br2O2S2. The van der Waals surface area contributed by atoms with E-state index in [4.69, 9.17) is 4.74 Å². The van der Waals surface area contributed by atoms with Crippen LogP contribution in [0.15, 0.2) is 25.1 Å². The molecule has 6 heteroatoms. The molecule has 0 N–H and O–H groups in total. The first-order valence-electron chi connectivity index (χ1n) is 4.24. The highest BCUT2D eigenvalue weighted by molar-refractivity contribution is 9.12. The summed E-state index contributed by atoms with van der Waals surface area (Å²) in [6.45, 7) is 0. The van der Waals surface area contributed by atoms with Crippen LogP contribution < -0.4 is 4.74 Å². The Hall–Kier alpha value is -0.170. The summed E-state index contributed by atoms with van der Waals surface area (Å²) in [5, 5.41) is 1.85. The van der Waals surface area contributed by atoms with Gasteiger partial charge in [0.1, 0.15) is 10.6 Å². The molecule has 2 rings (SSSR count). The number of rotatable bonds is 3. The Morgan fingerprint density at radius 2 is 2.19 bits per heavy atom. The molecule has 0 fully saturated rings. The third-order valence-electron chi connectivity index (χ3n) is 1.96. The van der Waals surface area contributed by atoms with Crippen molar-refractivity contribution in [3.8, 4) is 5.75 Å². The van der Waals surface area contributed by atoms with Crippen molar-refractivity contribution in [3.05, 3.63) is 35.5 Å². The molecule has 0 unspecified atom stereocenters. The highest BCUT2D eigenvalue weighted by Gasteiger charge is 2.20. The second kappa shape index (κ2) is 5.00. The normalized spacial score (nSPS) is 10.4. The van der Waals surface area contributed by atoms with Crippen molar-refractivity contribution in [1.82, 2.24) is 0 Å². The van der Waals surface area contributed by atoms with Crippen LogP contribution in [0.4, 0.5) is 0 Å². The fraction of sp³-hybridized carbons (Fsp3) is 0.100. The molecule has 84 valence electrons. The van der Waals surface area contributed by atoms with Gasteiger partial charge in [-0.2, -0.15) is 0 Å².